The van der Waals surface area contributed by atoms with Gasteiger partial charge in [-0.1, -0.05) is 11.6 Å². The first-order valence-corrected chi connectivity index (χ1v) is 4.39. The first-order chi connectivity index (χ1) is 6.57. The summed E-state index contributed by atoms with van der Waals surface area (Å²) in [5, 5.41) is 1.66. The van der Waals surface area contributed by atoms with Crippen molar-refractivity contribution in [3.63, 3.8) is 0 Å². The molecule has 0 bridgehead atoms. The van der Waals surface area contributed by atoms with Crippen molar-refractivity contribution in [2.75, 3.05) is 19.2 Å². The molecule has 0 N–H and O–H groups in total. The van der Waals surface area contributed by atoms with Gasteiger partial charge in [-0.05, 0) is 13.0 Å². The molecule has 1 rings (SSSR count). The van der Waals surface area contributed by atoms with Crippen molar-refractivity contribution in [3.05, 3.63) is 23.0 Å². The van der Waals surface area contributed by atoms with E-state index in [9.17, 15) is 4.79 Å². The lowest BCUT2D eigenvalue weighted by atomic mass is 10.1. The van der Waals surface area contributed by atoms with Crippen LogP contribution in [0.3, 0.4) is 0 Å². The first kappa shape index (κ1) is 10.9. The largest absolute Gasteiger partial charge is 0.294 e. The number of hydroxylamine groups is 1. The van der Waals surface area contributed by atoms with Crippen LogP contribution in [0.1, 0.15) is 17.3 Å². The Morgan fingerprint density at radius 3 is 2.79 bits per heavy atom. The SMILES string of the molecule is CON(C)c1ccnc(Cl)c1C(C)=O. The molecule has 0 unspecified atom stereocenters. The zero-order valence-corrected chi connectivity index (χ0v) is 9.00. The Kier molecular flexibility index (Phi) is 3.43. The summed E-state index contributed by atoms with van der Waals surface area (Å²) in [4.78, 5) is 20.1. The second-order valence-electron chi connectivity index (χ2n) is 2.73. The highest BCUT2D eigenvalue weighted by Crippen LogP contribution is 2.25. The molecule has 0 radical (unpaired) electrons. The van der Waals surface area contributed by atoms with E-state index in [4.69, 9.17) is 16.4 Å². The number of aromatic nitrogens is 1. The fraction of sp³-hybridized carbons (Fsp3) is 0.333. The van der Waals surface area contributed by atoms with Crippen LogP contribution in [0.15, 0.2) is 12.3 Å². The third-order valence-corrected chi connectivity index (χ3v) is 2.13. The molecule has 0 spiro atoms. The number of carbonyl (C=O) groups is 1. The van der Waals surface area contributed by atoms with Gasteiger partial charge in [0.2, 0.25) is 0 Å². The fourth-order valence-electron chi connectivity index (χ4n) is 1.11. The number of pyridine rings is 1. The number of hydrogen-bond acceptors (Lipinski definition) is 4. The summed E-state index contributed by atoms with van der Waals surface area (Å²) >= 11 is 5.81. The topological polar surface area (TPSA) is 42.4 Å². The normalized spacial score (nSPS) is 10.0. The van der Waals surface area contributed by atoms with Crippen LogP contribution < -0.4 is 5.06 Å². The Morgan fingerprint density at radius 2 is 2.29 bits per heavy atom. The molecular formula is C9H11ClN2O2. The van der Waals surface area contributed by atoms with Crippen LogP contribution in [0.4, 0.5) is 5.69 Å². The minimum atomic E-state index is -0.137. The summed E-state index contributed by atoms with van der Waals surface area (Å²) in [7, 11) is 3.20. The lowest BCUT2D eigenvalue weighted by molar-refractivity contribution is 0.101. The number of halogens is 1. The van der Waals surface area contributed by atoms with Crippen molar-refractivity contribution in [1.29, 1.82) is 0 Å². The summed E-state index contributed by atoms with van der Waals surface area (Å²) in [5.74, 6) is -0.137. The second-order valence-corrected chi connectivity index (χ2v) is 3.09. The molecule has 14 heavy (non-hydrogen) atoms. The van der Waals surface area contributed by atoms with Gasteiger partial charge in [-0.3, -0.25) is 14.7 Å². The zero-order valence-electron chi connectivity index (χ0n) is 8.24. The summed E-state index contributed by atoms with van der Waals surface area (Å²) in [6, 6.07) is 1.67. The summed E-state index contributed by atoms with van der Waals surface area (Å²) in [6.45, 7) is 1.44. The van der Waals surface area contributed by atoms with E-state index in [0.717, 1.165) is 0 Å². The molecule has 0 saturated carbocycles. The average Bonchev–Trinajstić information content (AvgIpc) is 2.15. The molecule has 0 aromatic carbocycles. The molecule has 0 amide bonds. The number of hydrogen-bond donors (Lipinski definition) is 0. The van der Waals surface area contributed by atoms with Crippen molar-refractivity contribution in [3.8, 4) is 0 Å². The van der Waals surface area contributed by atoms with Crippen LogP contribution in [0, 0.1) is 0 Å². The Hall–Kier alpha value is -1.13. The van der Waals surface area contributed by atoms with Crippen molar-refractivity contribution >= 4 is 23.1 Å². The summed E-state index contributed by atoms with van der Waals surface area (Å²) in [6.07, 6.45) is 1.53. The molecule has 0 aliphatic carbocycles. The van der Waals surface area contributed by atoms with Crippen molar-refractivity contribution in [2.24, 2.45) is 0 Å². The van der Waals surface area contributed by atoms with E-state index in [2.05, 4.69) is 4.98 Å². The highest BCUT2D eigenvalue weighted by atomic mass is 35.5. The molecule has 0 aliphatic heterocycles. The highest BCUT2D eigenvalue weighted by Gasteiger charge is 2.15. The number of Topliss-reactive ketones (excluding diaryl/α,β-unsaturated/α-hetero) is 1. The van der Waals surface area contributed by atoms with Gasteiger partial charge in [0.25, 0.3) is 0 Å². The number of ketones is 1. The molecule has 5 heteroatoms. The van der Waals surface area contributed by atoms with E-state index in [-0.39, 0.29) is 10.9 Å². The quantitative estimate of drug-likeness (QED) is 0.438. The molecular weight excluding hydrogens is 204 g/mol. The molecule has 1 heterocycles. The second kappa shape index (κ2) is 4.39. The van der Waals surface area contributed by atoms with Gasteiger partial charge in [-0.2, -0.15) is 0 Å². The smallest absolute Gasteiger partial charge is 0.165 e. The maximum atomic E-state index is 11.3. The minimum Gasteiger partial charge on any atom is -0.294 e. The monoisotopic (exact) mass is 214 g/mol. The zero-order chi connectivity index (χ0) is 10.7. The lowest BCUT2D eigenvalue weighted by Crippen LogP contribution is -2.18. The van der Waals surface area contributed by atoms with Crippen LogP contribution in [0.2, 0.25) is 5.15 Å². The predicted octanol–water partition coefficient (Wildman–Crippen LogP) is 1.94. The highest BCUT2D eigenvalue weighted by molar-refractivity contribution is 6.33. The van der Waals surface area contributed by atoms with E-state index < -0.39 is 0 Å². The molecule has 76 valence electrons. The van der Waals surface area contributed by atoms with E-state index >= 15 is 0 Å². The van der Waals surface area contributed by atoms with Gasteiger partial charge < -0.3 is 0 Å². The van der Waals surface area contributed by atoms with Gasteiger partial charge in [-0.25, -0.2) is 4.98 Å². The van der Waals surface area contributed by atoms with Crippen molar-refractivity contribution < 1.29 is 9.63 Å². The van der Waals surface area contributed by atoms with Gasteiger partial charge in [-0.15, -0.1) is 0 Å². The molecule has 1 aromatic heterocycles. The van der Waals surface area contributed by atoms with Gasteiger partial charge in [0.15, 0.2) is 5.78 Å². The summed E-state index contributed by atoms with van der Waals surface area (Å²) < 4.78 is 0. The molecule has 0 atom stereocenters. The minimum absolute atomic E-state index is 0.137. The van der Waals surface area contributed by atoms with Crippen molar-refractivity contribution in [1.82, 2.24) is 4.98 Å². The number of rotatable bonds is 3. The van der Waals surface area contributed by atoms with E-state index in [1.54, 1.807) is 13.1 Å². The third-order valence-electron chi connectivity index (χ3n) is 1.85. The van der Waals surface area contributed by atoms with E-state index in [1.165, 1.54) is 25.3 Å². The van der Waals surface area contributed by atoms with Crippen LogP contribution in [-0.4, -0.2) is 24.9 Å². The fourth-order valence-corrected chi connectivity index (χ4v) is 1.40. The molecule has 0 fully saturated rings. The Labute approximate surface area is 87.4 Å². The molecule has 0 saturated heterocycles. The predicted molar refractivity (Wildman–Crippen MR) is 54.7 cm³/mol. The average molecular weight is 215 g/mol. The molecule has 4 nitrogen and oxygen atoms in total. The van der Waals surface area contributed by atoms with Crippen LogP contribution in [-0.2, 0) is 4.84 Å². The van der Waals surface area contributed by atoms with Gasteiger partial charge in [0.1, 0.15) is 5.15 Å². The van der Waals surface area contributed by atoms with Crippen molar-refractivity contribution in [2.45, 2.75) is 6.92 Å². The Balaban J connectivity index is 3.28. The molecule has 1 aromatic rings. The van der Waals surface area contributed by atoms with Crippen LogP contribution in [0.5, 0.6) is 0 Å². The van der Waals surface area contributed by atoms with Crippen LogP contribution >= 0.6 is 11.6 Å². The number of nitrogens with zero attached hydrogens (tertiary/aromatic N) is 2. The maximum Gasteiger partial charge on any atom is 0.165 e. The van der Waals surface area contributed by atoms with Gasteiger partial charge in [0.05, 0.1) is 18.4 Å². The Morgan fingerprint density at radius 1 is 1.64 bits per heavy atom. The van der Waals surface area contributed by atoms with E-state index in [1.807, 2.05) is 0 Å². The lowest BCUT2D eigenvalue weighted by Gasteiger charge is -2.18. The number of anilines is 1. The third kappa shape index (κ3) is 2.02. The van der Waals surface area contributed by atoms with Gasteiger partial charge in [0, 0.05) is 13.2 Å². The van der Waals surface area contributed by atoms with Crippen LogP contribution in [0.25, 0.3) is 0 Å². The molecule has 0 aliphatic rings. The maximum absolute atomic E-state index is 11.3. The Bertz CT molecular complexity index is 355. The summed E-state index contributed by atoms with van der Waals surface area (Å²) in [5.41, 5.74) is 0.985. The number of carbonyl (C=O) groups excluding carboxylic acids is 1. The standard InChI is InChI=1S/C9H11ClN2O2/c1-6(13)8-7(12(2)14-3)4-5-11-9(8)10/h4-5H,1-3H3. The first-order valence-electron chi connectivity index (χ1n) is 4.01. The van der Waals surface area contributed by atoms with Gasteiger partial charge >= 0.3 is 0 Å². The van der Waals surface area contributed by atoms with E-state index in [0.29, 0.717) is 11.3 Å².